The predicted molar refractivity (Wildman–Crippen MR) is 81.6 cm³/mol. The molecular formula is C13H14BrN3OS. The number of aromatic amines is 1. The number of nitrogens with one attached hydrogen (secondary N) is 2. The van der Waals surface area contributed by atoms with Crippen molar-refractivity contribution < 1.29 is 4.79 Å². The van der Waals surface area contributed by atoms with Gasteiger partial charge in [-0.1, -0.05) is 15.9 Å². The summed E-state index contributed by atoms with van der Waals surface area (Å²) in [5.41, 5.74) is 2.33. The first-order valence-corrected chi connectivity index (χ1v) is 7.53. The molecule has 0 unspecified atom stereocenters. The number of thioether (sulfide) groups is 1. The van der Waals surface area contributed by atoms with Gasteiger partial charge >= 0.3 is 0 Å². The molecule has 2 rings (SSSR count). The van der Waals surface area contributed by atoms with E-state index in [2.05, 4.69) is 43.6 Å². The fraction of sp³-hybridized carbons (Fsp3) is 0.231. The van der Waals surface area contributed by atoms with E-state index in [1.54, 1.807) is 12.3 Å². The molecule has 2 aromatic rings. The SMILES string of the molecule is Cc1cc(SCC(=O)Nc2ccn[nH]2)c(C)cc1Br. The highest BCUT2D eigenvalue weighted by atomic mass is 79.9. The molecule has 0 aliphatic carbocycles. The van der Waals surface area contributed by atoms with Gasteiger partial charge in [0.15, 0.2) is 0 Å². The summed E-state index contributed by atoms with van der Waals surface area (Å²) >= 11 is 5.03. The number of carbonyl (C=O) groups is 1. The van der Waals surface area contributed by atoms with E-state index in [0.29, 0.717) is 11.6 Å². The largest absolute Gasteiger partial charge is 0.310 e. The molecule has 0 radical (unpaired) electrons. The number of aryl methyl sites for hydroxylation is 2. The molecule has 0 atom stereocenters. The summed E-state index contributed by atoms with van der Waals surface area (Å²) in [7, 11) is 0. The van der Waals surface area contributed by atoms with Crippen LogP contribution in [-0.4, -0.2) is 21.9 Å². The monoisotopic (exact) mass is 339 g/mol. The van der Waals surface area contributed by atoms with Crippen LogP contribution in [-0.2, 0) is 4.79 Å². The molecule has 100 valence electrons. The molecule has 6 heteroatoms. The first-order chi connectivity index (χ1) is 9.06. The molecule has 0 fully saturated rings. The van der Waals surface area contributed by atoms with E-state index in [1.165, 1.54) is 17.3 Å². The van der Waals surface area contributed by atoms with E-state index in [1.807, 2.05) is 13.8 Å². The van der Waals surface area contributed by atoms with E-state index in [9.17, 15) is 4.79 Å². The minimum Gasteiger partial charge on any atom is -0.310 e. The van der Waals surface area contributed by atoms with Gasteiger partial charge in [0.25, 0.3) is 0 Å². The van der Waals surface area contributed by atoms with Crippen molar-refractivity contribution in [3.8, 4) is 0 Å². The summed E-state index contributed by atoms with van der Waals surface area (Å²) in [6.45, 7) is 4.08. The normalized spacial score (nSPS) is 10.5. The fourth-order valence-corrected chi connectivity index (χ4v) is 2.93. The molecule has 1 aromatic heterocycles. The minimum atomic E-state index is -0.0470. The van der Waals surface area contributed by atoms with Crippen molar-refractivity contribution >= 4 is 39.4 Å². The Balaban J connectivity index is 1.95. The van der Waals surface area contributed by atoms with Gasteiger partial charge in [0.2, 0.25) is 5.91 Å². The Hall–Kier alpha value is -1.27. The maximum Gasteiger partial charge on any atom is 0.235 e. The van der Waals surface area contributed by atoms with Crippen molar-refractivity contribution in [2.24, 2.45) is 0 Å². The van der Waals surface area contributed by atoms with Gasteiger partial charge in [-0.3, -0.25) is 9.89 Å². The molecule has 0 aliphatic rings. The summed E-state index contributed by atoms with van der Waals surface area (Å²) in [4.78, 5) is 12.9. The summed E-state index contributed by atoms with van der Waals surface area (Å²) in [5, 5.41) is 9.22. The third-order valence-corrected chi connectivity index (χ3v) is 4.60. The quantitative estimate of drug-likeness (QED) is 0.838. The maximum atomic E-state index is 11.8. The van der Waals surface area contributed by atoms with Crippen LogP contribution < -0.4 is 5.32 Å². The van der Waals surface area contributed by atoms with Crippen LogP contribution in [0.2, 0.25) is 0 Å². The number of nitrogens with zero attached hydrogens (tertiary/aromatic N) is 1. The van der Waals surface area contributed by atoms with E-state index >= 15 is 0 Å². The summed E-state index contributed by atoms with van der Waals surface area (Å²) in [6, 6.07) is 5.88. The van der Waals surface area contributed by atoms with Crippen LogP contribution in [0.15, 0.2) is 33.8 Å². The maximum absolute atomic E-state index is 11.8. The third kappa shape index (κ3) is 3.84. The van der Waals surface area contributed by atoms with Crippen LogP contribution in [0.3, 0.4) is 0 Å². The zero-order chi connectivity index (χ0) is 13.8. The molecule has 1 amide bonds. The topological polar surface area (TPSA) is 57.8 Å². The van der Waals surface area contributed by atoms with Crippen molar-refractivity contribution in [3.05, 3.63) is 40.0 Å². The Morgan fingerprint density at radius 2 is 2.21 bits per heavy atom. The van der Waals surface area contributed by atoms with Gasteiger partial charge in [-0.25, -0.2) is 0 Å². The van der Waals surface area contributed by atoms with Gasteiger partial charge in [0, 0.05) is 15.4 Å². The lowest BCUT2D eigenvalue weighted by atomic mass is 10.2. The second-order valence-electron chi connectivity index (χ2n) is 4.17. The van der Waals surface area contributed by atoms with Crippen LogP contribution in [0, 0.1) is 13.8 Å². The van der Waals surface area contributed by atoms with Crippen molar-refractivity contribution in [2.75, 3.05) is 11.1 Å². The molecule has 2 N–H and O–H groups in total. The molecule has 1 heterocycles. The van der Waals surface area contributed by atoms with Crippen molar-refractivity contribution in [1.29, 1.82) is 0 Å². The van der Waals surface area contributed by atoms with Crippen molar-refractivity contribution in [3.63, 3.8) is 0 Å². The standard InChI is InChI=1S/C13H14BrN3OS/c1-8-6-11(9(2)5-10(8)14)19-7-13(18)16-12-3-4-15-17-12/h3-6H,7H2,1-2H3,(H2,15,16,17,18). The average molecular weight is 340 g/mol. The molecule has 0 saturated carbocycles. The van der Waals surface area contributed by atoms with Gasteiger partial charge in [0.05, 0.1) is 11.9 Å². The molecule has 4 nitrogen and oxygen atoms in total. The average Bonchev–Trinajstić information content (AvgIpc) is 2.85. The number of halogens is 1. The number of aromatic nitrogens is 2. The van der Waals surface area contributed by atoms with Crippen LogP contribution in [0.25, 0.3) is 0 Å². The Morgan fingerprint density at radius 1 is 1.42 bits per heavy atom. The van der Waals surface area contributed by atoms with E-state index in [4.69, 9.17) is 0 Å². The second kappa shape index (κ2) is 6.25. The van der Waals surface area contributed by atoms with Crippen LogP contribution in [0.5, 0.6) is 0 Å². The summed E-state index contributed by atoms with van der Waals surface area (Å²) in [5.74, 6) is 0.949. The number of amides is 1. The first-order valence-electron chi connectivity index (χ1n) is 5.75. The van der Waals surface area contributed by atoms with Gasteiger partial charge in [-0.15, -0.1) is 11.8 Å². The fourth-order valence-electron chi connectivity index (χ4n) is 1.57. The lowest BCUT2D eigenvalue weighted by Crippen LogP contribution is -2.14. The molecule has 1 aromatic carbocycles. The van der Waals surface area contributed by atoms with E-state index in [-0.39, 0.29) is 5.91 Å². The van der Waals surface area contributed by atoms with Gasteiger partial charge in [-0.05, 0) is 37.1 Å². The van der Waals surface area contributed by atoms with Crippen LogP contribution >= 0.6 is 27.7 Å². The Morgan fingerprint density at radius 3 is 2.89 bits per heavy atom. The van der Waals surface area contributed by atoms with Crippen LogP contribution in [0.1, 0.15) is 11.1 Å². The third-order valence-electron chi connectivity index (χ3n) is 2.59. The molecule has 0 spiro atoms. The van der Waals surface area contributed by atoms with E-state index in [0.717, 1.165) is 14.9 Å². The summed E-state index contributed by atoms with van der Waals surface area (Å²) < 4.78 is 1.09. The Labute approximate surface area is 124 Å². The molecule has 0 aliphatic heterocycles. The number of carbonyl (C=O) groups excluding carboxylic acids is 1. The number of hydrogen-bond donors (Lipinski definition) is 2. The summed E-state index contributed by atoms with van der Waals surface area (Å²) in [6.07, 6.45) is 1.60. The predicted octanol–water partition coefficient (Wildman–Crippen LogP) is 3.52. The zero-order valence-corrected chi connectivity index (χ0v) is 13.1. The highest BCUT2D eigenvalue weighted by Crippen LogP contribution is 2.28. The smallest absolute Gasteiger partial charge is 0.235 e. The zero-order valence-electron chi connectivity index (χ0n) is 10.7. The second-order valence-corrected chi connectivity index (χ2v) is 6.05. The number of rotatable bonds is 4. The molecular weight excluding hydrogens is 326 g/mol. The molecule has 0 bridgehead atoms. The number of benzene rings is 1. The Bertz CT molecular complexity index is 584. The van der Waals surface area contributed by atoms with E-state index < -0.39 is 0 Å². The van der Waals surface area contributed by atoms with Crippen molar-refractivity contribution in [1.82, 2.24) is 10.2 Å². The number of H-pyrrole nitrogens is 1. The van der Waals surface area contributed by atoms with Crippen LogP contribution in [0.4, 0.5) is 5.82 Å². The number of anilines is 1. The molecule has 0 saturated heterocycles. The number of hydrogen-bond acceptors (Lipinski definition) is 3. The lowest BCUT2D eigenvalue weighted by molar-refractivity contribution is -0.113. The first kappa shape index (κ1) is 14.1. The van der Waals surface area contributed by atoms with Gasteiger partial charge < -0.3 is 5.32 Å². The minimum absolute atomic E-state index is 0.0470. The highest BCUT2D eigenvalue weighted by Gasteiger charge is 2.07. The molecule has 19 heavy (non-hydrogen) atoms. The Kier molecular flexibility index (Phi) is 4.66. The lowest BCUT2D eigenvalue weighted by Gasteiger charge is -2.08. The van der Waals surface area contributed by atoms with Gasteiger partial charge in [0.1, 0.15) is 5.82 Å². The van der Waals surface area contributed by atoms with Gasteiger partial charge in [-0.2, -0.15) is 5.10 Å². The highest BCUT2D eigenvalue weighted by molar-refractivity contribution is 9.10. The van der Waals surface area contributed by atoms with Crippen molar-refractivity contribution in [2.45, 2.75) is 18.7 Å².